The fourth-order valence-corrected chi connectivity index (χ4v) is 5.75. The monoisotopic (exact) mass is 561 g/mol. The summed E-state index contributed by atoms with van der Waals surface area (Å²) in [4.78, 5) is 29.9. The third kappa shape index (κ3) is 4.85. The molecular weight excluding hydrogens is 533 g/mol. The van der Waals surface area contributed by atoms with Gasteiger partial charge in [-0.05, 0) is 54.8 Å². The van der Waals surface area contributed by atoms with Crippen molar-refractivity contribution in [1.29, 1.82) is 0 Å². The van der Waals surface area contributed by atoms with Crippen LogP contribution in [0.3, 0.4) is 0 Å². The maximum Gasteiger partial charge on any atom is 0.227 e. The number of carbonyl (C=O) groups is 1. The molecule has 0 radical (unpaired) electrons. The number of carbonyl (C=O) groups excluding carboxylic acids is 1. The molecule has 210 valence electrons. The van der Waals surface area contributed by atoms with E-state index in [1.165, 1.54) is 25.7 Å². The first-order valence-corrected chi connectivity index (χ1v) is 14.0. The van der Waals surface area contributed by atoms with Gasteiger partial charge in [-0.1, -0.05) is 19.3 Å². The maximum atomic E-state index is 14.3. The molecule has 7 rings (SSSR count). The highest BCUT2D eigenvalue weighted by Gasteiger charge is 2.21. The highest BCUT2D eigenvalue weighted by Crippen LogP contribution is 2.35. The highest BCUT2D eigenvalue weighted by atomic mass is 19.1. The van der Waals surface area contributed by atoms with Crippen LogP contribution in [0.5, 0.6) is 5.75 Å². The number of H-pyrrole nitrogens is 2. The zero-order chi connectivity index (χ0) is 28.6. The third-order valence-corrected chi connectivity index (χ3v) is 7.90. The second kappa shape index (κ2) is 10.7. The minimum Gasteiger partial charge on any atom is -0.497 e. The van der Waals surface area contributed by atoms with Crippen molar-refractivity contribution in [2.45, 2.75) is 32.1 Å². The van der Waals surface area contributed by atoms with Gasteiger partial charge in [-0.2, -0.15) is 5.10 Å². The van der Waals surface area contributed by atoms with Crippen LogP contribution in [0.2, 0.25) is 0 Å². The lowest BCUT2D eigenvalue weighted by atomic mass is 9.88. The standard InChI is InChI=1S/C32H28FN7O2/c1-42-23-11-19(9-21(33)12-23)25-16-35-17-29-24(25)13-28(37-29)31-30-27(39-40-31)8-7-26(38-30)20-10-22(15-34-14-20)36-32(41)18-5-3-2-4-6-18/h7-18,37H,2-6H2,1H3,(H,36,41)(H,39,40). The third-order valence-electron chi connectivity index (χ3n) is 7.90. The van der Waals surface area contributed by atoms with Gasteiger partial charge >= 0.3 is 0 Å². The first-order chi connectivity index (χ1) is 20.6. The van der Waals surface area contributed by atoms with Gasteiger partial charge in [0.15, 0.2) is 0 Å². The van der Waals surface area contributed by atoms with Crippen molar-refractivity contribution < 1.29 is 13.9 Å². The lowest BCUT2D eigenvalue weighted by Crippen LogP contribution is -2.24. The Morgan fingerprint density at radius 3 is 2.67 bits per heavy atom. The Labute approximate surface area is 240 Å². The minimum absolute atomic E-state index is 0.0542. The van der Waals surface area contributed by atoms with Crippen LogP contribution in [0, 0.1) is 11.7 Å². The Balaban J connectivity index is 1.23. The topological polar surface area (TPSA) is 121 Å². The van der Waals surface area contributed by atoms with E-state index in [0.29, 0.717) is 33.9 Å². The first-order valence-electron chi connectivity index (χ1n) is 14.0. The van der Waals surface area contributed by atoms with E-state index in [2.05, 4.69) is 30.5 Å². The zero-order valence-corrected chi connectivity index (χ0v) is 22.9. The molecule has 1 amide bonds. The number of rotatable bonds is 6. The van der Waals surface area contributed by atoms with Gasteiger partial charge in [-0.15, -0.1) is 0 Å². The number of methoxy groups -OCH3 is 1. The Hall–Kier alpha value is -5.12. The number of anilines is 1. The molecule has 9 nitrogen and oxygen atoms in total. The fraction of sp³-hybridized carbons (Fsp3) is 0.219. The van der Waals surface area contributed by atoms with E-state index in [4.69, 9.17) is 9.72 Å². The Morgan fingerprint density at radius 2 is 1.81 bits per heavy atom. The average molecular weight is 562 g/mol. The number of halogens is 1. The SMILES string of the molecule is COc1cc(F)cc(-c2cncc3[nH]c(-c4n[nH]c5ccc(-c6cncc(NC(=O)C7CCCCC7)c6)nc45)cc23)c1. The number of nitrogens with zero attached hydrogens (tertiary/aromatic N) is 4. The molecule has 1 aliphatic carbocycles. The van der Waals surface area contributed by atoms with Gasteiger partial charge in [0.25, 0.3) is 0 Å². The average Bonchev–Trinajstić information content (AvgIpc) is 3.65. The summed E-state index contributed by atoms with van der Waals surface area (Å²) in [6, 6.07) is 12.3. The minimum atomic E-state index is -0.390. The molecule has 1 fully saturated rings. The summed E-state index contributed by atoms with van der Waals surface area (Å²) in [5, 5.41) is 11.5. The van der Waals surface area contributed by atoms with Crippen molar-refractivity contribution in [2.24, 2.45) is 5.92 Å². The van der Waals surface area contributed by atoms with Crippen molar-refractivity contribution in [3.63, 3.8) is 0 Å². The molecule has 3 N–H and O–H groups in total. The second-order valence-corrected chi connectivity index (χ2v) is 10.7. The smallest absolute Gasteiger partial charge is 0.227 e. The zero-order valence-electron chi connectivity index (χ0n) is 22.9. The quantitative estimate of drug-likeness (QED) is 0.203. The van der Waals surface area contributed by atoms with Gasteiger partial charge in [0, 0.05) is 40.9 Å². The van der Waals surface area contributed by atoms with Gasteiger partial charge < -0.3 is 15.0 Å². The predicted octanol–water partition coefficient (Wildman–Crippen LogP) is 6.90. The predicted molar refractivity (Wildman–Crippen MR) is 159 cm³/mol. The summed E-state index contributed by atoms with van der Waals surface area (Å²) < 4.78 is 19.6. The molecule has 0 unspecified atom stereocenters. The second-order valence-electron chi connectivity index (χ2n) is 10.7. The van der Waals surface area contributed by atoms with Crippen molar-refractivity contribution in [1.82, 2.24) is 30.1 Å². The number of benzene rings is 1. The van der Waals surface area contributed by atoms with Crippen molar-refractivity contribution in [2.75, 3.05) is 12.4 Å². The van der Waals surface area contributed by atoms with Crippen LogP contribution in [0.25, 0.3) is 55.7 Å². The van der Waals surface area contributed by atoms with E-state index in [0.717, 1.165) is 58.9 Å². The molecule has 5 heterocycles. The molecule has 1 aromatic carbocycles. The molecule has 5 aromatic heterocycles. The van der Waals surface area contributed by atoms with Crippen molar-refractivity contribution in [3.05, 3.63) is 73.1 Å². The molecule has 6 aromatic rings. The summed E-state index contributed by atoms with van der Waals surface area (Å²) >= 11 is 0. The Morgan fingerprint density at radius 1 is 0.952 bits per heavy atom. The largest absolute Gasteiger partial charge is 0.497 e. The molecule has 0 saturated heterocycles. The molecule has 42 heavy (non-hydrogen) atoms. The number of hydrogen-bond donors (Lipinski definition) is 3. The Kier molecular flexibility index (Phi) is 6.58. The van der Waals surface area contributed by atoms with Crippen molar-refractivity contribution in [3.8, 4) is 39.5 Å². The normalized spacial score (nSPS) is 14.0. The van der Waals surface area contributed by atoms with E-state index >= 15 is 0 Å². The molecule has 0 atom stereocenters. The molecule has 1 saturated carbocycles. The van der Waals surface area contributed by atoms with Gasteiger partial charge in [-0.25, -0.2) is 9.37 Å². The van der Waals surface area contributed by atoms with Crippen LogP contribution in [0.15, 0.2) is 67.3 Å². The Bertz CT molecular complexity index is 1940. The summed E-state index contributed by atoms with van der Waals surface area (Å²) in [5.41, 5.74) is 7.18. The first kappa shape index (κ1) is 25.8. The van der Waals surface area contributed by atoms with Crippen LogP contribution in [0.4, 0.5) is 10.1 Å². The highest BCUT2D eigenvalue weighted by molar-refractivity contribution is 6.00. The van der Waals surface area contributed by atoms with E-state index in [-0.39, 0.29) is 17.6 Å². The molecule has 1 aliphatic rings. The summed E-state index contributed by atoms with van der Waals surface area (Å²) in [6.07, 6.45) is 12.1. The van der Waals surface area contributed by atoms with Crippen LogP contribution >= 0.6 is 0 Å². The summed E-state index contributed by atoms with van der Waals surface area (Å²) in [7, 11) is 1.51. The number of amides is 1. The van der Waals surface area contributed by atoms with E-state index in [9.17, 15) is 9.18 Å². The number of aromatic nitrogens is 6. The van der Waals surface area contributed by atoms with E-state index < -0.39 is 0 Å². The van der Waals surface area contributed by atoms with Gasteiger partial charge in [-0.3, -0.25) is 19.9 Å². The van der Waals surface area contributed by atoms with Crippen LogP contribution in [-0.2, 0) is 4.79 Å². The number of hydrogen-bond acceptors (Lipinski definition) is 6. The molecule has 0 aliphatic heterocycles. The number of nitrogens with one attached hydrogen (secondary N) is 3. The van der Waals surface area contributed by atoms with Crippen LogP contribution < -0.4 is 10.1 Å². The van der Waals surface area contributed by atoms with Gasteiger partial charge in [0.2, 0.25) is 5.91 Å². The molecular formula is C32H28FN7O2. The number of aromatic amines is 2. The summed E-state index contributed by atoms with van der Waals surface area (Å²) in [6.45, 7) is 0. The maximum absolute atomic E-state index is 14.3. The molecule has 0 spiro atoms. The van der Waals surface area contributed by atoms with Crippen molar-refractivity contribution >= 4 is 33.5 Å². The van der Waals surface area contributed by atoms with Gasteiger partial charge in [0.05, 0.1) is 47.6 Å². The lowest BCUT2D eigenvalue weighted by molar-refractivity contribution is -0.120. The van der Waals surface area contributed by atoms with Crippen LogP contribution in [-0.4, -0.2) is 43.2 Å². The molecule has 10 heteroatoms. The van der Waals surface area contributed by atoms with E-state index in [1.54, 1.807) is 30.9 Å². The van der Waals surface area contributed by atoms with Crippen LogP contribution in [0.1, 0.15) is 32.1 Å². The number of fused-ring (bicyclic) bond motifs is 2. The lowest BCUT2D eigenvalue weighted by Gasteiger charge is -2.20. The van der Waals surface area contributed by atoms with Gasteiger partial charge in [0.1, 0.15) is 22.8 Å². The number of pyridine rings is 3. The summed E-state index contributed by atoms with van der Waals surface area (Å²) in [5.74, 6) is 0.151. The fourth-order valence-electron chi connectivity index (χ4n) is 5.75. The number of ether oxygens (including phenoxy) is 1. The van der Waals surface area contributed by atoms with E-state index in [1.807, 2.05) is 24.3 Å². The molecule has 0 bridgehead atoms.